The largest absolute Gasteiger partial charge is 0.270 e. The van der Waals surface area contributed by atoms with E-state index in [9.17, 15) is 0 Å². The maximum absolute atomic E-state index is 3.99. The van der Waals surface area contributed by atoms with E-state index in [4.69, 9.17) is 0 Å². The fourth-order valence-electron chi connectivity index (χ4n) is 1.74. The first kappa shape index (κ1) is 14.3. The summed E-state index contributed by atoms with van der Waals surface area (Å²) in [6.45, 7) is 6.26. The van der Waals surface area contributed by atoms with Gasteiger partial charge in [0.2, 0.25) is 0 Å². The van der Waals surface area contributed by atoms with Crippen molar-refractivity contribution in [3.05, 3.63) is 47.2 Å². The smallest absolute Gasteiger partial charge is 0.0291 e. The molecule has 0 aromatic heterocycles. The van der Waals surface area contributed by atoms with Crippen LogP contribution in [0.3, 0.4) is 0 Å². The lowest BCUT2D eigenvalue weighted by molar-refractivity contribution is 0.912. The van der Waals surface area contributed by atoms with Crippen LogP contribution < -0.4 is 0 Å². The number of allylic oxidation sites excluding steroid dienone is 1. The first-order valence-electron chi connectivity index (χ1n) is 6.49. The molecule has 0 bridgehead atoms. The Morgan fingerprint density at radius 3 is 2.83 bits per heavy atom. The van der Waals surface area contributed by atoms with E-state index in [1.807, 2.05) is 13.0 Å². The highest BCUT2D eigenvalue weighted by atomic mass is 14.6. The summed E-state index contributed by atoms with van der Waals surface area (Å²) < 4.78 is 0. The lowest BCUT2D eigenvalue weighted by Crippen LogP contribution is -1.89. The average Bonchev–Trinajstić information content (AvgIpc) is 2.37. The molecule has 0 unspecified atom stereocenters. The molecule has 0 radical (unpaired) electrons. The molecule has 94 valence electrons. The fraction of sp³-hybridized carbons (Fsp3) is 0.353. The van der Waals surface area contributed by atoms with Crippen LogP contribution in [0, 0.1) is 18.8 Å². The van der Waals surface area contributed by atoms with Crippen LogP contribution in [0.2, 0.25) is 0 Å². The van der Waals surface area contributed by atoms with Crippen LogP contribution in [0.15, 0.2) is 35.5 Å². The van der Waals surface area contributed by atoms with Crippen molar-refractivity contribution in [3.8, 4) is 11.8 Å². The molecular weight excluding hydrogens is 218 g/mol. The Morgan fingerprint density at radius 2 is 2.17 bits per heavy atom. The Morgan fingerprint density at radius 1 is 1.33 bits per heavy atom. The van der Waals surface area contributed by atoms with Crippen LogP contribution in [0.4, 0.5) is 0 Å². The van der Waals surface area contributed by atoms with Gasteiger partial charge in [-0.05, 0) is 43.5 Å². The second-order valence-electron chi connectivity index (χ2n) is 4.19. The highest BCUT2D eigenvalue weighted by molar-refractivity contribution is 5.54. The highest BCUT2D eigenvalue weighted by Crippen LogP contribution is 2.12. The molecule has 0 aliphatic heterocycles. The maximum Gasteiger partial charge on any atom is 0.0291 e. The van der Waals surface area contributed by atoms with E-state index in [2.05, 4.69) is 48.9 Å². The van der Waals surface area contributed by atoms with Gasteiger partial charge in [-0.2, -0.15) is 0 Å². The van der Waals surface area contributed by atoms with Crippen molar-refractivity contribution in [1.82, 2.24) is 0 Å². The van der Waals surface area contributed by atoms with Gasteiger partial charge in [-0.1, -0.05) is 37.3 Å². The zero-order valence-corrected chi connectivity index (χ0v) is 11.5. The van der Waals surface area contributed by atoms with Crippen LogP contribution in [0.25, 0.3) is 0 Å². The first-order chi connectivity index (χ1) is 8.77. The van der Waals surface area contributed by atoms with Gasteiger partial charge in [0.05, 0.1) is 0 Å². The van der Waals surface area contributed by atoms with Gasteiger partial charge in [-0.25, -0.2) is 0 Å². The summed E-state index contributed by atoms with van der Waals surface area (Å²) in [5.74, 6) is 6.31. The molecule has 0 saturated carbocycles. The Balaban J connectivity index is 2.63. The Bertz CT molecular complexity index is 484. The van der Waals surface area contributed by atoms with Crippen molar-refractivity contribution in [3.63, 3.8) is 0 Å². The molecular formula is C17H21N. The van der Waals surface area contributed by atoms with Crippen LogP contribution >= 0.6 is 0 Å². The van der Waals surface area contributed by atoms with Crippen molar-refractivity contribution in [1.29, 1.82) is 0 Å². The van der Waals surface area contributed by atoms with Gasteiger partial charge in [0, 0.05) is 24.4 Å². The average molecular weight is 239 g/mol. The lowest BCUT2D eigenvalue weighted by atomic mass is 10.0. The molecule has 0 heterocycles. The molecule has 0 saturated heterocycles. The third-order valence-electron chi connectivity index (χ3n) is 2.66. The summed E-state index contributed by atoms with van der Waals surface area (Å²) in [4.78, 5) is 3.99. The predicted molar refractivity (Wildman–Crippen MR) is 80.0 cm³/mol. The fourth-order valence-corrected chi connectivity index (χ4v) is 1.74. The number of aryl methyl sites for hydroxylation is 2. The van der Waals surface area contributed by atoms with Gasteiger partial charge >= 0.3 is 0 Å². The molecule has 1 heteroatoms. The van der Waals surface area contributed by atoms with Crippen molar-refractivity contribution < 1.29 is 0 Å². The predicted octanol–water partition coefficient (Wildman–Crippen LogP) is 4.29. The van der Waals surface area contributed by atoms with E-state index in [-0.39, 0.29) is 0 Å². The maximum atomic E-state index is 3.99. The van der Waals surface area contributed by atoms with Crippen LogP contribution in [-0.4, -0.2) is 6.21 Å². The second-order valence-corrected chi connectivity index (χ2v) is 4.19. The van der Waals surface area contributed by atoms with E-state index in [0.717, 1.165) is 18.4 Å². The standard InChI is InChI=1S/C17H21N/c1-4-9-17-12-11-16(14-15(17)3)10-7-6-8-13-18-5-2/h5,8,11-14H,4,6,9H2,1-3H3/b13-8-,18-5-. The molecule has 0 atom stereocenters. The third kappa shape index (κ3) is 5.01. The van der Waals surface area contributed by atoms with Gasteiger partial charge in [0.15, 0.2) is 0 Å². The molecule has 18 heavy (non-hydrogen) atoms. The van der Waals surface area contributed by atoms with Crippen LogP contribution in [0.5, 0.6) is 0 Å². The van der Waals surface area contributed by atoms with E-state index in [1.165, 1.54) is 17.5 Å². The monoisotopic (exact) mass is 239 g/mol. The minimum atomic E-state index is 0.743. The van der Waals surface area contributed by atoms with Crippen molar-refractivity contribution >= 4 is 6.21 Å². The number of rotatable bonds is 4. The number of hydrogen-bond acceptors (Lipinski definition) is 1. The molecule has 1 aromatic carbocycles. The number of aliphatic imine (C=N–C) groups is 1. The van der Waals surface area contributed by atoms with E-state index in [1.54, 1.807) is 12.4 Å². The topological polar surface area (TPSA) is 12.4 Å². The van der Waals surface area contributed by atoms with E-state index >= 15 is 0 Å². The SMILES string of the molecule is C/C=N\C=C/CC#Cc1ccc(CCC)c(C)c1. The van der Waals surface area contributed by atoms with E-state index < -0.39 is 0 Å². The Hall–Kier alpha value is -1.81. The molecule has 0 N–H and O–H groups in total. The van der Waals surface area contributed by atoms with Gasteiger partial charge in [0.25, 0.3) is 0 Å². The minimum Gasteiger partial charge on any atom is -0.270 e. The van der Waals surface area contributed by atoms with Gasteiger partial charge in [-0.3, -0.25) is 4.99 Å². The Kier molecular flexibility index (Phi) is 6.58. The molecule has 1 nitrogen and oxygen atoms in total. The summed E-state index contributed by atoms with van der Waals surface area (Å²) in [7, 11) is 0. The molecule has 0 spiro atoms. The molecule has 1 rings (SSSR count). The van der Waals surface area contributed by atoms with Crippen LogP contribution in [0.1, 0.15) is 43.4 Å². The Labute approximate surface area is 111 Å². The quantitative estimate of drug-likeness (QED) is 0.549. The van der Waals surface area contributed by atoms with Gasteiger partial charge in [-0.15, -0.1) is 0 Å². The second kappa shape index (κ2) is 8.31. The molecule has 0 fully saturated rings. The molecule has 0 aliphatic rings. The van der Waals surface area contributed by atoms with Crippen molar-refractivity contribution in [2.45, 2.75) is 40.0 Å². The first-order valence-corrected chi connectivity index (χ1v) is 6.49. The van der Waals surface area contributed by atoms with Crippen molar-refractivity contribution in [2.75, 3.05) is 0 Å². The number of hydrogen-bond donors (Lipinski definition) is 0. The highest BCUT2D eigenvalue weighted by Gasteiger charge is 1.97. The normalized spacial score (nSPS) is 10.8. The van der Waals surface area contributed by atoms with Crippen LogP contribution in [-0.2, 0) is 6.42 Å². The molecule has 0 aliphatic carbocycles. The summed E-state index contributed by atoms with van der Waals surface area (Å²) >= 11 is 0. The zero-order valence-electron chi connectivity index (χ0n) is 11.5. The zero-order chi connectivity index (χ0) is 13.2. The van der Waals surface area contributed by atoms with E-state index in [0.29, 0.717) is 0 Å². The molecule has 0 amide bonds. The summed E-state index contributed by atoms with van der Waals surface area (Å²) in [5.41, 5.74) is 3.87. The number of benzene rings is 1. The summed E-state index contributed by atoms with van der Waals surface area (Å²) in [6.07, 6.45) is 8.59. The third-order valence-corrected chi connectivity index (χ3v) is 2.66. The van der Waals surface area contributed by atoms with Crippen molar-refractivity contribution in [2.24, 2.45) is 4.99 Å². The summed E-state index contributed by atoms with van der Waals surface area (Å²) in [5, 5.41) is 0. The number of nitrogens with zero attached hydrogens (tertiary/aromatic N) is 1. The minimum absolute atomic E-state index is 0.743. The molecule has 1 aromatic rings. The van der Waals surface area contributed by atoms with Gasteiger partial charge in [0.1, 0.15) is 0 Å². The van der Waals surface area contributed by atoms with Gasteiger partial charge < -0.3 is 0 Å². The summed E-state index contributed by atoms with van der Waals surface area (Å²) in [6, 6.07) is 6.48. The lowest BCUT2D eigenvalue weighted by Gasteiger charge is -2.03.